The van der Waals surface area contributed by atoms with Gasteiger partial charge in [0.25, 0.3) is 0 Å². The summed E-state index contributed by atoms with van der Waals surface area (Å²) in [5, 5.41) is 20.1. The fourth-order valence-corrected chi connectivity index (χ4v) is 5.78. The van der Waals surface area contributed by atoms with Crippen LogP contribution in [-0.4, -0.2) is 37.0 Å². The Morgan fingerprint density at radius 1 is 1.17 bits per heavy atom. The van der Waals surface area contributed by atoms with Crippen LogP contribution in [-0.2, 0) is 7.05 Å². The zero-order valence-corrected chi connectivity index (χ0v) is 14.4. The number of aliphatic hydroxyl groups is 1. The minimum absolute atomic E-state index is 0.452. The maximum Gasteiger partial charge on any atom is 0.163 e. The Morgan fingerprint density at radius 2 is 1.83 bits per heavy atom. The zero-order chi connectivity index (χ0) is 16.5. The highest BCUT2D eigenvalue weighted by Crippen LogP contribution is 2.58. The molecule has 4 aliphatic rings. The molecule has 24 heavy (non-hydrogen) atoms. The lowest BCUT2D eigenvalue weighted by molar-refractivity contribution is -0.164. The second-order valence-corrected chi connectivity index (χ2v) is 8.27. The Kier molecular flexibility index (Phi) is 2.99. The van der Waals surface area contributed by atoms with E-state index in [4.69, 9.17) is 0 Å². The average Bonchev–Trinajstić information content (AvgIpc) is 2.91. The van der Waals surface area contributed by atoms with Gasteiger partial charge in [-0.15, -0.1) is 0 Å². The molecule has 0 radical (unpaired) electrons. The van der Waals surface area contributed by atoms with E-state index >= 15 is 0 Å². The van der Waals surface area contributed by atoms with Gasteiger partial charge in [0.15, 0.2) is 5.65 Å². The van der Waals surface area contributed by atoms with Gasteiger partial charge >= 0.3 is 0 Å². The number of hydrogen-bond donors (Lipinski definition) is 2. The van der Waals surface area contributed by atoms with Crippen LogP contribution in [0, 0.1) is 30.6 Å². The first-order valence-corrected chi connectivity index (χ1v) is 9.15. The molecular weight excluding hydrogens is 302 g/mol. The maximum atomic E-state index is 11.5. The van der Waals surface area contributed by atoms with E-state index in [1.54, 1.807) is 10.9 Å². The lowest BCUT2D eigenvalue weighted by atomic mass is 9.50. The molecule has 0 unspecified atom stereocenters. The van der Waals surface area contributed by atoms with E-state index in [-0.39, 0.29) is 0 Å². The Hall–Kier alpha value is -1.69. The largest absolute Gasteiger partial charge is 0.387 e. The van der Waals surface area contributed by atoms with E-state index in [2.05, 4.69) is 20.4 Å². The van der Waals surface area contributed by atoms with Crippen molar-refractivity contribution in [2.75, 3.05) is 11.9 Å². The minimum atomic E-state index is -0.583. The average molecular weight is 327 g/mol. The molecule has 0 aliphatic heterocycles. The van der Waals surface area contributed by atoms with Crippen molar-refractivity contribution in [1.29, 1.82) is 0 Å². The van der Waals surface area contributed by atoms with E-state index in [0.717, 1.165) is 34.5 Å². The Bertz CT molecular complexity index is 770. The van der Waals surface area contributed by atoms with Crippen LogP contribution in [0.3, 0.4) is 0 Å². The van der Waals surface area contributed by atoms with Crippen molar-refractivity contribution < 1.29 is 5.11 Å². The van der Waals surface area contributed by atoms with Crippen LogP contribution in [0.4, 0.5) is 5.82 Å². The number of anilines is 1. The molecule has 2 aromatic heterocycles. The highest BCUT2D eigenvalue weighted by Gasteiger charge is 2.56. The van der Waals surface area contributed by atoms with Crippen LogP contribution in [0.2, 0.25) is 0 Å². The summed E-state index contributed by atoms with van der Waals surface area (Å²) < 4.78 is 1.77. The van der Waals surface area contributed by atoms with Crippen molar-refractivity contribution in [1.82, 2.24) is 19.7 Å². The Morgan fingerprint density at radius 3 is 2.50 bits per heavy atom. The first-order chi connectivity index (χ1) is 11.5. The molecule has 6 rings (SSSR count). The number of nitrogens with one attached hydrogen (secondary N) is 1. The van der Waals surface area contributed by atoms with Gasteiger partial charge in [-0.05, 0) is 62.7 Å². The summed E-state index contributed by atoms with van der Waals surface area (Å²) in [6.07, 6.45) is 8.02. The van der Waals surface area contributed by atoms with E-state index < -0.39 is 5.60 Å². The molecule has 2 N–H and O–H groups in total. The fraction of sp³-hybridized carbons (Fsp3) is 0.722. The highest BCUT2D eigenvalue weighted by atomic mass is 16.3. The van der Waals surface area contributed by atoms with Gasteiger partial charge in [0.1, 0.15) is 11.6 Å². The SMILES string of the molecule is Cc1nc(NCC2(O)C3CC4CC(C3)CC2C4)c2cnn(C)c2n1. The lowest BCUT2D eigenvalue weighted by Gasteiger charge is -2.59. The second-order valence-electron chi connectivity index (χ2n) is 8.27. The number of aryl methyl sites for hydroxylation is 2. The van der Waals surface area contributed by atoms with Gasteiger partial charge in [0.05, 0.1) is 17.2 Å². The monoisotopic (exact) mass is 327 g/mol. The number of aromatic nitrogens is 4. The van der Waals surface area contributed by atoms with Crippen molar-refractivity contribution in [3.8, 4) is 0 Å². The summed E-state index contributed by atoms with van der Waals surface area (Å²) >= 11 is 0. The smallest absolute Gasteiger partial charge is 0.163 e. The normalized spacial score (nSPS) is 37.3. The maximum absolute atomic E-state index is 11.5. The molecular formula is C18H25N5O. The van der Waals surface area contributed by atoms with Gasteiger partial charge in [-0.3, -0.25) is 4.68 Å². The number of hydrogen-bond acceptors (Lipinski definition) is 5. The van der Waals surface area contributed by atoms with Gasteiger partial charge < -0.3 is 10.4 Å². The summed E-state index contributed by atoms with van der Waals surface area (Å²) in [4.78, 5) is 9.03. The Balaban J connectivity index is 1.43. The molecule has 4 saturated carbocycles. The third kappa shape index (κ3) is 2.01. The molecule has 4 aliphatic carbocycles. The van der Waals surface area contributed by atoms with Crippen LogP contribution in [0.5, 0.6) is 0 Å². The van der Waals surface area contributed by atoms with Crippen LogP contribution >= 0.6 is 0 Å². The van der Waals surface area contributed by atoms with Gasteiger partial charge in [0, 0.05) is 13.6 Å². The molecule has 0 aromatic carbocycles. The lowest BCUT2D eigenvalue weighted by Crippen LogP contribution is -2.60. The number of rotatable bonds is 3. The molecule has 128 valence electrons. The van der Waals surface area contributed by atoms with Gasteiger partial charge in [-0.2, -0.15) is 5.10 Å². The first kappa shape index (κ1) is 14.6. The molecule has 0 atom stereocenters. The topological polar surface area (TPSA) is 75.9 Å². The molecule has 2 aromatic rings. The second kappa shape index (κ2) is 4.91. The Labute approximate surface area is 141 Å². The minimum Gasteiger partial charge on any atom is -0.387 e. The zero-order valence-electron chi connectivity index (χ0n) is 14.4. The van der Waals surface area contributed by atoms with Crippen LogP contribution in [0.15, 0.2) is 6.20 Å². The summed E-state index contributed by atoms with van der Waals surface area (Å²) in [7, 11) is 1.89. The van der Waals surface area contributed by atoms with Crippen LogP contribution in [0.1, 0.15) is 37.9 Å². The summed E-state index contributed by atoms with van der Waals surface area (Å²) in [5.41, 5.74) is 0.253. The number of fused-ring (bicyclic) bond motifs is 1. The molecule has 6 heteroatoms. The molecule has 2 heterocycles. The van der Waals surface area contributed by atoms with E-state index in [1.165, 1.54) is 32.1 Å². The van der Waals surface area contributed by atoms with Gasteiger partial charge in [-0.25, -0.2) is 9.97 Å². The summed E-state index contributed by atoms with van der Waals surface area (Å²) in [5.74, 6) is 4.15. The van der Waals surface area contributed by atoms with Crippen molar-refractivity contribution >= 4 is 16.9 Å². The third-order valence-electron chi connectivity index (χ3n) is 6.79. The number of nitrogens with zero attached hydrogens (tertiary/aromatic N) is 4. The van der Waals surface area contributed by atoms with Crippen molar-refractivity contribution in [3.05, 3.63) is 12.0 Å². The third-order valence-corrected chi connectivity index (χ3v) is 6.79. The molecule has 4 bridgehead atoms. The summed E-state index contributed by atoms with van der Waals surface area (Å²) in [6, 6.07) is 0. The van der Waals surface area contributed by atoms with Gasteiger partial charge in [0.2, 0.25) is 0 Å². The molecule has 0 saturated heterocycles. The predicted octanol–water partition coefficient (Wildman–Crippen LogP) is 2.27. The van der Waals surface area contributed by atoms with Crippen LogP contribution in [0.25, 0.3) is 11.0 Å². The van der Waals surface area contributed by atoms with Crippen molar-refractivity contribution in [3.63, 3.8) is 0 Å². The molecule has 0 spiro atoms. The van der Waals surface area contributed by atoms with Crippen molar-refractivity contribution in [2.24, 2.45) is 30.7 Å². The van der Waals surface area contributed by atoms with Gasteiger partial charge in [-0.1, -0.05) is 0 Å². The molecule has 6 nitrogen and oxygen atoms in total. The first-order valence-electron chi connectivity index (χ1n) is 9.15. The summed E-state index contributed by atoms with van der Waals surface area (Å²) in [6.45, 7) is 2.48. The van der Waals surface area contributed by atoms with E-state index in [9.17, 15) is 5.11 Å². The highest BCUT2D eigenvalue weighted by molar-refractivity contribution is 5.86. The van der Waals surface area contributed by atoms with Crippen LogP contribution < -0.4 is 5.32 Å². The quantitative estimate of drug-likeness (QED) is 0.904. The van der Waals surface area contributed by atoms with E-state index in [0.29, 0.717) is 18.4 Å². The van der Waals surface area contributed by atoms with E-state index in [1.807, 2.05) is 14.0 Å². The fourth-order valence-electron chi connectivity index (χ4n) is 5.78. The van der Waals surface area contributed by atoms with Crippen molar-refractivity contribution in [2.45, 2.75) is 44.6 Å². The molecule has 4 fully saturated rings. The molecule has 0 amide bonds. The standard InChI is InChI=1S/C18H25N5O/c1-10-21-16(15-8-20-23(2)17(15)22-10)19-9-18(24)13-4-11-3-12(6-13)7-14(18)5-11/h8,11-14,24H,3-7,9H2,1-2H3,(H,19,21,22). The predicted molar refractivity (Wildman–Crippen MR) is 91.5 cm³/mol.